The minimum atomic E-state index is -1.02. The van der Waals surface area contributed by atoms with Gasteiger partial charge in [-0.05, 0) is 53.3 Å². The van der Waals surface area contributed by atoms with Gasteiger partial charge >= 0.3 is 5.97 Å². The standard InChI is InChI=1S/C27H29NO4/c1-3-9-25(27(30)31)28-26(29)23-15-14-21(18-32-17-20-11-5-4-6-12-20)16-24(23)22-13-8-7-10-19(22)2/h4-8,10-16,25H,3,9,17-18H2,1-2H3,(H,28,29)(H,30,31). The summed E-state index contributed by atoms with van der Waals surface area (Å²) in [6.45, 7) is 4.79. The third kappa shape index (κ3) is 6.05. The SMILES string of the molecule is CCCC(NC(=O)c1ccc(COCc2ccccc2)cc1-c1ccccc1C)C(=O)O. The van der Waals surface area contributed by atoms with Crippen molar-refractivity contribution in [3.63, 3.8) is 0 Å². The molecule has 0 fully saturated rings. The van der Waals surface area contributed by atoms with Gasteiger partial charge in [0, 0.05) is 5.56 Å². The quantitative estimate of drug-likeness (QED) is 0.453. The van der Waals surface area contributed by atoms with Crippen molar-refractivity contribution in [2.45, 2.75) is 45.9 Å². The largest absolute Gasteiger partial charge is 0.480 e. The van der Waals surface area contributed by atoms with Crippen molar-refractivity contribution in [1.82, 2.24) is 5.32 Å². The highest BCUT2D eigenvalue weighted by Crippen LogP contribution is 2.28. The number of ether oxygens (including phenoxy) is 1. The molecule has 0 spiro atoms. The molecule has 1 unspecified atom stereocenters. The van der Waals surface area contributed by atoms with E-state index >= 15 is 0 Å². The highest BCUT2D eigenvalue weighted by molar-refractivity contribution is 6.02. The van der Waals surface area contributed by atoms with E-state index in [4.69, 9.17) is 4.74 Å². The van der Waals surface area contributed by atoms with Crippen LogP contribution in [-0.2, 0) is 22.7 Å². The summed E-state index contributed by atoms with van der Waals surface area (Å²) < 4.78 is 5.88. The Balaban J connectivity index is 1.86. The van der Waals surface area contributed by atoms with Gasteiger partial charge in [0.15, 0.2) is 0 Å². The lowest BCUT2D eigenvalue weighted by Gasteiger charge is -2.17. The number of aliphatic carboxylic acids is 1. The second kappa shape index (κ2) is 11.3. The minimum Gasteiger partial charge on any atom is -0.480 e. The number of hydrogen-bond acceptors (Lipinski definition) is 3. The smallest absolute Gasteiger partial charge is 0.326 e. The number of nitrogens with one attached hydrogen (secondary N) is 1. The fourth-order valence-corrected chi connectivity index (χ4v) is 3.62. The van der Waals surface area contributed by atoms with Crippen LogP contribution in [0.2, 0.25) is 0 Å². The predicted molar refractivity (Wildman–Crippen MR) is 125 cm³/mol. The molecule has 0 bridgehead atoms. The zero-order chi connectivity index (χ0) is 22.9. The lowest BCUT2D eigenvalue weighted by atomic mass is 9.93. The first-order valence-corrected chi connectivity index (χ1v) is 10.8. The van der Waals surface area contributed by atoms with E-state index < -0.39 is 12.0 Å². The molecule has 166 valence electrons. The highest BCUT2D eigenvalue weighted by Gasteiger charge is 2.22. The molecule has 2 N–H and O–H groups in total. The first kappa shape index (κ1) is 23.2. The second-order valence-electron chi connectivity index (χ2n) is 7.83. The van der Waals surface area contributed by atoms with Crippen molar-refractivity contribution in [2.24, 2.45) is 0 Å². The number of carbonyl (C=O) groups excluding carboxylic acids is 1. The molecular formula is C27H29NO4. The Labute approximate surface area is 189 Å². The maximum absolute atomic E-state index is 13.0. The summed E-state index contributed by atoms with van der Waals surface area (Å²) in [5.74, 6) is -1.41. The lowest BCUT2D eigenvalue weighted by Crippen LogP contribution is -2.40. The predicted octanol–water partition coefficient (Wildman–Crippen LogP) is 5.36. The third-order valence-electron chi connectivity index (χ3n) is 5.32. The Morgan fingerprint density at radius 1 is 0.906 bits per heavy atom. The van der Waals surface area contributed by atoms with Crippen LogP contribution >= 0.6 is 0 Å². The van der Waals surface area contributed by atoms with Crippen LogP contribution in [0.25, 0.3) is 11.1 Å². The van der Waals surface area contributed by atoms with E-state index in [9.17, 15) is 14.7 Å². The van der Waals surface area contributed by atoms with Crippen LogP contribution in [0.3, 0.4) is 0 Å². The van der Waals surface area contributed by atoms with Gasteiger partial charge in [-0.25, -0.2) is 4.79 Å². The maximum atomic E-state index is 13.0. The average Bonchev–Trinajstić information content (AvgIpc) is 2.79. The van der Waals surface area contributed by atoms with Gasteiger partial charge < -0.3 is 15.2 Å². The van der Waals surface area contributed by atoms with Crippen LogP contribution in [0.4, 0.5) is 0 Å². The number of hydrogen-bond donors (Lipinski definition) is 2. The molecule has 0 aliphatic heterocycles. The van der Waals surface area contributed by atoms with Crippen molar-refractivity contribution in [3.8, 4) is 11.1 Å². The van der Waals surface area contributed by atoms with E-state index in [1.165, 1.54) is 0 Å². The summed E-state index contributed by atoms with van der Waals surface area (Å²) in [7, 11) is 0. The average molecular weight is 432 g/mol. The number of carboxylic acids is 1. The molecule has 1 atom stereocenters. The molecular weight excluding hydrogens is 402 g/mol. The first-order chi connectivity index (χ1) is 15.5. The Hall–Kier alpha value is -3.44. The minimum absolute atomic E-state index is 0.381. The van der Waals surface area contributed by atoms with Crippen molar-refractivity contribution >= 4 is 11.9 Å². The summed E-state index contributed by atoms with van der Waals surface area (Å²) in [4.78, 5) is 24.6. The van der Waals surface area contributed by atoms with Gasteiger partial charge in [0.05, 0.1) is 13.2 Å². The maximum Gasteiger partial charge on any atom is 0.326 e. The molecule has 1 amide bonds. The van der Waals surface area contributed by atoms with Gasteiger partial charge in [-0.15, -0.1) is 0 Å². The van der Waals surface area contributed by atoms with E-state index in [0.29, 0.717) is 31.6 Å². The monoisotopic (exact) mass is 431 g/mol. The van der Waals surface area contributed by atoms with Gasteiger partial charge in [0.1, 0.15) is 6.04 Å². The van der Waals surface area contributed by atoms with Crippen molar-refractivity contribution in [1.29, 1.82) is 0 Å². The summed E-state index contributed by atoms with van der Waals surface area (Å²) >= 11 is 0. The Morgan fingerprint density at radius 2 is 1.59 bits per heavy atom. The van der Waals surface area contributed by atoms with Crippen LogP contribution in [0.5, 0.6) is 0 Å². The normalized spacial score (nSPS) is 11.7. The van der Waals surface area contributed by atoms with Gasteiger partial charge in [-0.1, -0.05) is 74.0 Å². The Bertz CT molecular complexity index is 1060. The molecule has 32 heavy (non-hydrogen) atoms. The highest BCUT2D eigenvalue weighted by atomic mass is 16.5. The molecule has 3 aromatic carbocycles. The van der Waals surface area contributed by atoms with Crippen molar-refractivity contribution in [3.05, 3.63) is 95.1 Å². The van der Waals surface area contributed by atoms with Crippen LogP contribution in [0, 0.1) is 6.92 Å². The van der Waals surface area contributed by atoms with E-state index in [-0.39, 0.29) is 5.91 Å². The van der Waals surface area contributed by atoms with E-state index in [2.05, 4.69) is 5.32 Å². The second-order valence-corrected chi connectivity index (χ2v) is 7.83. The number of carbonyl (C=O) groups is 2. The molecule has 0 saturated heterocycles. The summed E-state index contributed by atoms with van der Waals surface area (Å²) in [6.07, 6.45) is 1.05. The molecule has 3 rings (SSSR count). The summed E-state index contributed by atoms with van der Waals surface area (Å²) in [6, 6.07) is 22.5. The van der Waals surface area contributed by atoms with E-state index in [0.717, 1.165) is 27.8 Å². The lowest BCUT2D eigenvalue weighted by molar-refractivity contribution is -0.139. The zero-order valence-corrected chi connectivity index (χ0v) is 18.5. The number of rotatable bonds is 10. The number of carboxylic acid groups (broad SMARTS) is 1. The molecule has 0 heterocycles. The van der Waals surface area contributed by atoms with Crippen molar-refractivity contribution in [2.75, 3.05) is 0 Å². The molecule has 0 aromatic heterocycles. The summed E-state index contributed by atoms with van der Waals surface area (Å²) in [5, 5.41) is 12.1. The fraction of sp³-hybridized carbons (Fsp3) is 0.259. The molecule has 0 aliphatic carbocycles. The van der Waals surface area contributed by atoms with Gasteiger partial charge in [-0.3, -0.25) is 4.79 Å². The van der Waals surface area contributed by atoms with Gasteiger partial charge in [0.25, 0.3) is 5.91 Å². The van der Waals surface area contributed by atoms with E-state index in [1.807, 2.05) is 80.6 Å². The number of benzene rings is 3. The Morgan fingerprint density at radius 3 is 2.28 bits per heavy atom. The molecule has 5 nitrogen and oxygen atoms in total. The Kier molecular flexibility index (Phi) is 8.17. The van der Waals surface area contributed by atoms with Gasteiger partial charge in [0.2, 0.25) is 0 Å². The first-order valence-electron chi connectivity index (χ1n) is 10.8. The number of amides is 1. The molecule has 0 saturated carbocycles. The van der Waals surface area contributed by atoms with Crippen LogP contribution < -0.4 is 5.32 Å². The van der Waals surface area contributed by atoms with E-state index in [1.54, 1.807) is 6.07 Å². The molecule has 0 aliphatic rings. The molecule has 5 heteroatoms. The molecule has 3 aromatic rings. The van der Waals surface area contributed by atoms with Gasteiger partial charge in [-0.2, -0.15) is 0 Å². The summed E-state index contributed by atoms with van der Waals surface area (Å²) in [5.41, 5.74) is 5.23. The number of aryl methyl sites for hydroxylation is 1. The van der Waals surface area contributed by atoms with Crippen LogP contribution in [0.1, 0.15) is 46.8 Å². The van der Waals surface area contributed by atoms with Crippen LogP contribution in [-0.4, -0.2) is 23.0 Å². The van der Waals surface area contributed by atoms with Crippen molar-refractivity contribution < 1.29 is 19.4 Å². The fourth-order valence-electron chi connectivity index (χ4n) is 3.62. The van der Waals surface area contributed by atoms with Crippen LogP contribution in [0.15, 0.2) is 72.8 Å². The zero-order valence-electron chi connectivity index (χ0n) is 18.5. The molecule has 0 radical (unpaired) electrons. The third-order valence-corrected chi connectivity index (χ3v) is 5.32. The topological polar surface area (TPSA) is 75.6 Å².